The number of ether oxygens (including phenoxy) is 1. The third-order valence-electron chi connectivity index (χ3n) is 3.73. The number of rotatable bonds is 4. The van der Waals surface area contributed by atoms with Gasteiger partial charge < -0.3 is 15.0 Å². The van der Waals surface area contributed by atoms with Crippen LogP contribution in [0.1, 0.15) is 13.3 Å². The number of hydrogen-bond acceptors (Lipinski definition) is 3. The molecular formula is C11H22N2O. The molecule has 2 heterocycles. The second-order valence-electron chi connectivity index (χ2n) is 4.80. The van der Waals surface area contributed by atoms with Crippen LogP contribution in [0, 0.1) is 11.8 Å². The average molecular weight is 198 g/mol. The molecule has 2 rings (SSSR count). The fraction of sp³-hybridized carbons (Fsp3) is 1.00. The molecule has 2 saturated heterocycles. The Labute approximate surface area is 86.8 Å². The maximum absolute atomic E-state index is 5.37. The number of likely N-dealkylation sites (tertiary alicyclic amines) is 1. The van der Waals surface area contributed by atoms with E-state index in [0.29, 0.717) is 6.10 Å². The molecular weight excluding hydrogens is 176 g/mol. The highest BCUT2D eigenvalue weighted by atomic mass is 16.5. The maximum Gasteiger partial charge on any atom is 0.0710 e. The van der Waals surface area contributed by atoms with Crippen molar-refractivity contribution in [3.8, 4) is 0 Å². The van der Waals surface area contributed by atoms with Crippen molar-refractivity contribution in [2.24, 2.45) is 11.8 Å². The van der Waals surface area contributed by atoms with Crippen LogP contribution in [0.2, 0.25) is 0 Å². The zero-order valence-electron chi connectivity index (χ0n) is 9.33. The Balaban J connectivity index is 1.69. The molecule has 2 unspecified atom stereocenters. The van der Waals surface area contributed by atoms with Gasteiger partial charge in [0.25, 0.3) is 0 Å². The van der Waals surface area contributed by atoms with E-state index in [2.05, 4.69) is 17.1 Å². The third-order valence-corrected chi connectivity index (χ3v) is 3.73. The fourth-order valence-electron chi connectivity index (χ4n) is 2.43. The molecule has 3 nitrogen and oxygen atoms in total. The van der Waals surface area contributed by atoms with Gasteiger partial charge in [0.05, 0.1) is 6.10 Å². The normalized spacial score (nSPS) is 31.7. The molecule has 0 aliphatic carbocycles. The highest BCUT2D eigenvalue weighted by Crippen LogP contribution is 2.20. The lowest BCUT2D eigenvalue weighted by Crippen LogP contribution is -2.48. The van der Waals surface area contributed by atoms with Crippen molar-refractivity contribution in [3.63, 3.8) is 0 Å². The van der Waals surface area contributed by atoms with Crippen LogP contribution in [-0.2, 0) is 4.74 Å². The van der Waals surface area contributed by atoms with Gasteiger partial charge in [0, 0.05) is 26.7 Å². The molecule has 2 aliphatic rings. The SMILES string of the molecule is COC1CCN(CC(C)C2CNC2)C1. The molecule has 0 aromatic carbocycles. The minimum absolute atomic E-state index is 0.488. The summed E-state index contributed by atoms with van der Waals surface area (Å²) < 4.78 is 5.37. The number of methoxy groups -OCH3 is 1. The molecule has 82 valence electrons. The Kier molecular flexibility index (Phi) is 3.42. The van der Waals surface area contributed by atoms with Crippen LogP contribution in [0.15, 0.2) is 0 Å². The van der Waals surface area contributed by atoms with E-state index in [1.807, 2.05) is 7.11 Å². The van der Waals surface area contributed by atoms with E-state index in [0.717, 1.165) is 18.4 Å². The van der Waals surface area contributed by atoms with E-state index in [1.54, 1.807) is 0 Å². The third kappa shape index (κ3) is 2.27. The molecule has 2 atom stereocenters. The average Bonchev–Trinajstić information content (AvgIpc) is 2.48. The first-order chi connectivity index (χ1) is 6.79. The van der Waals surface area contributed by atoms with Gasteiger partial charge in [-0.15, -0.1) is 0 Å². The largest absolute Gasteiger partial charge is 0.380 e. The van der Waals surface area contributed by atoms with Crippen molar-refractivity contribution in [2.75, 3.05) is 39.8 Å². The molecule has 0 aromatic heterocycles. The first kappa shape index (κ1) is 10.4. The monoisotopic (exact) mass is 198 g/mol. The first-order valence-corrected chi connectivity index (χ1v) is 5.75. The van der Waals surface area contributed by atoms with Gasteiger partial charge >= 0.3 is 0 Å². The van der Waals surface area contributed by atoms with Crippen LogP contribution in [0.3, 0.4) is 0 Å². The summed E-state index contributed by atoms with van der Waals surface area (Å²) in [6.45, 7) is 8.45. The molecule has 0 aromatic rings. The fourth-order valence-corrected chi connectivity index (χ4v) is 2.43. The van der Waals surface area contributed by atoms with Crippen LogP contribution < -0.4 is 5.32 Å². The minimum Gasteiger partial charge on any atom is -0.380 e. The molecule has 0 radical (unpaired) electrons. The topological polar surface area (TPSA) is 24.5 Å². The van der Waals surface area contributed by atoms with Gasteiger partial charge in [0.2, 0.25) is 0 Å². The number of nitrogens with zero attached hydrogens (tertiary/aromatic N) is 1. The van der Waals surface area contributed by atoms with Crippen molar-refractivity contribution in [2.45, 2.75) is 19.4 Å². The molecule has 2 fully saturated rings. The van der Waals surface area contributed by atoms with E-state index in [-0.39, 0.29) is 0 Å². The zero-order chi connectivity index (χ0) is 9.97. The highest BCUT2D eigenvalue weighted by Gasteiger charge is 2.28. The Morgan fingerprint density at radius 1 is 1.50 bits per heavy atom. The van der Waals surface area contributed by atoms with E-state index in [1.165, 1.54) is 32.6 Å². The van der Waals surface area contributed by atoms with Crippen molar-refractivity contribution in [1.29, 1.82) is 0 Å². The van der Waals surface area contributed by atoms with Crippen LogP contribution in [0.25, 0.3) is 0 Å². The molecule has 14 heavy (non-hydrogen) atoms. The summed E-state index contributed by atoms with van der Waals surface area (Å²) in [5.41, 5.74) is 0. The summed E-state index contributed by atoms with van der Waals surface area (Å²) >= 11 is 0. The summed E-state index contributed by atoms with van der Waals surface area (Å²) in [6, 6.07) is 0. The van der Waals surface area contributed by atoms with Gasteiger partial charge in [-0.25, -0.2) is 0 Å². The summed E-state index contributed by atoms with van der Waals surface area (Å²) in [7, 11) is 1.83. The second kappa shape index (κ2) is 4.60. The molecule has 0 amide bonds. The Hall–Kier alpha value is -0.120. The lowest BCUT2D eigenvalue weighted by molar-refractivity contribution is 0.102. The smallest absolute Gasteiger partial charge is 0.0710 e. The molecule has 0 spiro atoms. The number of nitrogens with one attached hydrogen (secondary N) is 1. The van der Waals surface area contributed by atoms with E-state index in [9.17, 15) is 0 Å². The summed E-state index contributed by atoms with van der Waals surface area (Å²) in [6.07, 6.45) is 1.70. The second-order valence-corrected chi connectivity index (χ2v) is 4.80. The van der Waals surface area contributed by atoms with E-state index < -0.39 is 0 Å². The predicted octanol–water partition coefficient (Wildman–Crippen LogP) is 0.563. The van der Waals surface area contributed by atoms with E-state index in [4.69, 9.17) is 4.74 Å². The lowest BCUT2D eigenvalue weighted by atomic mass is 9.89. The highest BCUT2D eigenvalue weighted by molar-refractivity contribution is 4.83. The Morgan fingerprint density at radius 3 is 2.79 bits per heavy atom. The molecule has 0 bridgehead atoms. The van der Waals surface area contributed by atoms with Gasteiger partial charge in [-0.3, -0.25) is 0 Å². The predicted molar refractivity (Wildman–Crippen MR) is 57.4 cm³/mol. The summed E-state index contributed by atoms with van der Waals surface area (Å²) in [5, 5.41) is 3.34. The van der Waals surface area contributed by atoms with Crippen molar-refractivity contribution in [1.82, 2.24) is 10.2 Å². The van der Waals surface area contributed by atoms with Gasteiger partial charge in [-0.2, -0.15) is 0 Å². The van der Waals surface area contributed by atoms with Gasteiger partial charge in [-0.1, -0.05) is 6.92 Å². The zero-order valence-corrected chi connectivity index (χ0v) is 9.33. The quantitative estimate of drug-likeness (QED) is 0.714. The van der Waals surface area contributed by atoms with Crippen molar-refractivity contribution >= 4 is 0 Å². The summed E-state index contributed by atoms with van der Waals surface area (Å²) in [4.78, 5) is 2.55. The van der Waals surface area contributed by atoms with Crippen LogP contribution in [-0.4, -0.2) is 50.8 Å². The Morgan fingerprint density at radius 2 is 2.29 bits per heavy atom. The van der Waals surface area contributed by atoms with Crippen LogP contribution in [0.4, 0.5) is 0 Å². The van der Waals surface area contributed by atoms with Gasteiger partial charge in [0.15, 0.2) is 0 Å². The standard InChI is InChI=1S/C11H22N2O/c1-9(10-5-12-6-10)7-13-4-3-11(8-13)14-2/h9-12H,3-8H2,1-2H3. The summed E-state index contributed by atoms with van der Waals surface area (Å²) in [5.74, 6) is 1.75. The van der Waals surface area contributed by atoms with Crippen molar-refractivity contribution in [3.05, 3.63) is 0 Å². The van der Waals surface area contributed by atoms with Gasteiger partial charge in [-0.05, 0) is 31.3 Å². The molecule has 2 aliphatic heterocycles. The number of hydrogen-bond donors (Lipinski definition) is 1. The lowest BCUT2D eigenvalue weighted by Gasteiger charge is -2.34. The molecule has 1 N–H and O–H groups in total. The first-order valence-electron chi connectivity index (χ1n) is 5.75. The maximum atomic E-state index is 5.37. The Bertz CT molecular complexity index is 182. The molecule has 0 saturated carbocycles. The minimum atomic E-state index is 0.488. The van der Waals surface area contributed by atoms with Crippen LogP contribution >= 0.6 is 0 Å². The molecule has 3 heteroatoms. The van der Waals surface area contributed by atoms with Crippen LogP contribution in [0.5, 0.6) is 0 Å². The van der Waals surface area contributed by atoms with Crippen molar-refractivity contribution < 1.29 is 4.74 Å². The van der Waals surface area contributed by atoms with Gasteiger partial charge in [0.1, 0.15) is 0 Å². The van der Waals surface area contributed by atoms with E-state index >= 15 is 0 Å².